The maximum Gasteiger partial charge on any atom is 0.415 e. The lowest BCUT2D eigenvalue weighted by molar-refractivity contribution is -0.152. The minimum absolute atomic E-state index is 0.293. The van der Waals surface area contributed by atoms with Gasteiger partial charge in [-0.1, -0.05) is 43.3 Å². The average Bonchev–Trinajstić information content (AvgIpc) is 2.61. The molecular formula is C18H19NO5. The highest BCUT2D eigenvalue weighted by Crippen LogP contribution is 2.13. The lowest BCUT2D eigenvalue weighted by Gasteiger charge is -2.16. The number of hydrogen-bond donors (Lipinski definition) is 1. The van der Waals surface area contributed by atoms with Crippen LogP contribution in [0.4, 0.5) is 4.79 Å². The summed E-state index contributed by atoms with van der Waals surface area (Å²) < 4.78 is 15.6. The SMILES string of the molecule is CCC(Oc1ccccc1)C(=O)OCNC(=O)Oc1ccccc1. The van der Waals surface area contributed by atoms with E-state index in [9.17, 15) is 9.59 Å². The minimum atomic E-state index is -0.737. The zero-order valence-electron chi connectivity index (χ0n) is 13.3. The molecule has 0 bridgehead atoms. The summed E-state index contributed by atoms with van der Waals surface area (Å²) in [5, 5.41) is 2.35. The van der Waals surface area contributed by atoms with Crippen molar-refractivity contribution in [1.29, 1.82) is 0 Å². The molecule has 0 saturated carbocycles. The second-order valence-electron chi connectivity index (χ2n) is 4.81. The lowest BCUT2D eigenvalue weighted by Crippen LogP contribution is -2.35. The fraction of sp³-hybridized carbons (Fsp3) is 0.222. The van der Waals surface area contributed by atoms with Gasteiger partial charge in [0.1, 0.15) is 11.5 Å². The first-order valence-corrected chi connectivity index (χ1v) is 7.58. The molecule has 6 heteroatoms. The summed E-state index contributed by atoms with van der Waals surface area (Å²) in [6.45, 7) is 1.52. The van der Waals surface area contributed by atoms with Crippen molar-refractivity contribution in [2.75, 3.05) is 6.73 Å². The summed E-state index contributed by atoms with van der Waals surface area (Å²) >= 11 is 0. The van der Waals surface area contributed by atoms with Crippen molar-refractivity contribution in [3.05, 3.63) is 60.7 Å². The van der Waals surface area contributed by atoms with Gasteiger partial charge in [0.25, 0.3) is 0 Å². The molecule has 2 aromatic rings. The highest BCUT2D eigenvalue weighted by atomic mass is 16.6. The first kappa shape index (κ1) is 17.3. The van der Waals surface area contributed by atoms with Crippen LogP contribution in [0.2, 0.25) is 0 Å². The van der Waals surface area contributed by atoms with Gasteiger partial charge in [-0.3, -0.25) is 5.32 Å². The number of benzene rings is 2. The van der Waals surface area contributed by atoms with Gasteiger partial charge in [-0.05, 0) is 30.7 Å². The molecule has 1 atom stereocenters. The van der Waals surface area contributed by atoms with Gasteiger partial charge in [0.05, 0.1) is 0 Å². The van der Waals surface area contributed by atoms with Gasteiger partial charge in [-0.25, -0.2) is 9.59 Å². The Morgan fingerprint density at radius 2 is 1.54 bits per heavy atom. The highest BCUT2D eigenvalue weighted by Gasteiger charge is 2.20. The third-order valence-electron chi connectivity index (χ3n) is 3.04. The van der Waals surface area contributed by atoms with Crippen molar-refractivity contribution in [1.82, 2.24) is 5.32 Å². The molecule has 24 heavy (non-hydrogen) atoms. The summed E-state index contributed by atoms with van der Waals surface area (Å²) in [5.41, 5.74) is 0. The highest BCUT2D eigenvalue weighted by molar-refractivity contribution is 5.75. The molecule has 0 spiro atoms. The van der Waals surface area contributed by atoms with E-state index in [0.29, 0.717) is 17.9 Å². The third-order valence-corrected chi connectivity index (χ3v) is 3.04. The van der Waals surface area contributed by atoms with Crippen molar-refractivity contribution >= 4 is 12.1 Å². The van der Waals surface area contributed by atoms with Gasteiger partial charge in [-0.2, -0.15) is 0 Å². The maximum absolute atomic E-state index is 12.0. The monoisotopic (exact) mass is 329 g/mol. The number of hydrogen-bond acceptors (Lipinski definition) is 5. The number of carbonyl (C=O) groups excluding carboxylic acids is 2. The van der Waals surface area contributed by atoms with Gasteiger partial charge < -0.3 is 14.2 Å². The van der Waals surface area contributed by atoms with Crippen molar-refractivity contribution in [2.24, 2.45) is 0 Å². The lowest BCUT2D eigenvalue weighted by atomic mass is 10.2. The molecule has 126 valence electrons. The van der Waals surface area contributed by atoms with E-state index in [1.54, 1.807) is 36.4 Å². The minimum Gasteiger partial charge on any atom is -0.479 e. The predicted molar refractivity (Wildman–Crippen MR) is 87.7 cm³/mol. The summed E-state index contributed by atoms with van der Waals surface area (Å²) in [4.78, 5) is 23.5. The van der Waals surface area contributed by atoms with E-state index in [1.165, 1.54) is 0 Å². The largest absolute Gasteiger partial charge is 0.479 e. The number of ether oxygens (including phenoxy) is 3. The molecule has 0 saturated heterocycles. The third kappa shape index (κ3) is 5.64. The summed E-state index contributed by atoms with van der Waals surface area (Å²) in [5.74, 6) is 0.430. The number of rotatable bonds is 7. The Morgan fingerprint density at radius 3 is 2.12 bits per heavy atom. The normalized spacial score (nSPS) is 11.2. The zero-order chi connectivity index (χ0) is 17.2. The van der Waals surface area contributed by atoms with Crippen LogP contribution >= 0.6 is 0 Å². The van der Waals surface area contributed by atoms with Crippen molar-refractivity contribution in [3.8, 4) is 11.5 Å². The molecule has 0 heterocycles. The Kier molecular flexibility index (Phi) is 6.64. The molecule has 2 aromatic carbocycles. The van der Waals surface area contributed by atoms with Crippen molar-refractivity contribution < 1.29 is 23.8 Å². The molecule has 0 aromatic heterocycles. The van der Waals surface area contributed by atoms with E-state index in [2.05, 4.69) is 5.32 Å². The molecule has 6 nitrogen and oxygen atoms in total. The van der Waals surface area contributed by atoms with E-state index in [0.717, 1.165) is 0 Å². The molecule has 1 amide bonds. The van der Waals surface area contributed by atoms with E-state index >= 15 is 0 Å². The first-order valence-electron chi connectivity index (χ1n) is 7.58. The molecule has 0 aliphatic rings. The molecule has 1 unspecified atom stereocenters. The number of nitrogens with one attached hydrogen (secondary N) is 1. The van der Waals surface area contributed by atoms with Gasteiger partial charge in [0, 0.05) is 0 Å². The molecular weight excluding hydrogens is 310 g/mol. The summed E-state index contributed by atoms with van der Waals surface area (Å²) in [6.07, 6.45) is -0.993. The second-order valence-corrected chi connectivity index (χ2v) is 4.81. The fourth-order valence-electron chi connectivity index (χ4n) is 1.85. The smallest absolute Gasteiger partial charge is 0.415 e. The Bertz CT molecular complexity index is 645. The van der Waals surface area contributed by atoms with Crippen molar-refractivity contribution in [3.63, 3.8) is 0 Å². The zero-order valence-corrected chi connectivity index (χ0v) is 13.3. The van der Waals surface area contributed by atoms with Gasteiger partial charge in [0.2, 0.25) is 0 Å². The molecule has 1 N–H and O–H groups in total. The Balaban J connectivity index is 1.74. The standard InChI is InChI=1S/C18H19NO5/c1-2-16(23-14-9-5-3-6-10-14)17(20)22-13-19-18(21)24-15-11-7-4-8-12-15/h3-12,16H,2,13H2,1H3,(H,19,21). The van der Waals surface area contributed by atoms with Crippen LogP contribution in [0.15, 0.2) is 60.7 Å². The first-order chi connectivity index (χ1) is 11.7. The summed E-state index contributed by atoms with van der Waals surface area (Å²) in [7, 11) is 0. The molecule has 0 radical (unpaired) electrons. The quantitative estimate of drug-likeness (QED) is 0.624. The number of esters is 1. The van der Waals surface area contributed by atoms with Crippen LogP contribution in [-0.2, 0) is 9.53 Å². The topological polar surface area (TPSA) is 73.9 Å². The maximum atomic E-state index is 12.0. The van der Waals surface area contributed by atoms with E-state index in [-0.39, 0.29) is 6.73 Å². The van der Waals surface area contributed by atoms with Crippen LogP contribution in [0.5, 0.6) is 11.5 Å². The number of carbonyl (C=O) groups is 2. The number of amides is 1. The van der Waals surface area contributed by atoms with Crippen LogP contribution in [0.1, 0.15) is 13.3 Å². The molecule has 2 rings (SSSR count). The Hall–Kier alpha value is -3.02. The molecule has 0 fully saturated rings. The van der Waals surface area contributed by atoms with E-state index in [1.807, 2.05) is 31.2 Å². The van der Waals surface area contributed by atoms with Crippen LogP contribution < -0.4 is 14.8 Å². The van der Waals surface area contributed by atoms with E-state index in [4.69, 9.17) is 14.2 Å². The van der Waals surface area contributed by atoms with Crippen LogP contribution in [0, 0.1) is 0 Å². The van der Waals surface area contributed by atoms with Crippen LogP contribution in [0.25, 0.3) is 0 Å². The van der Waals surface area contributed by atoms with Gasteiger partial charge >= 0.3 is 12.1 Å². The summed E-state index contributed by atoms with van der Waals surface area (Å²) in [6, 6.07) is 17.6. The van der Waals surface area contributed by atoms with Crippen LogP contribution in [-0.4, -0.2) is 24.9 Å². The van der Waals surface area contributed by atoms with Gasteiger partial charge in [0.15, 0.2) is 12.8 Å². The fourth-order valence-corrected chi connectivity index (χ4v) is 1.85. The van der Waals surface area contributed by atoms with Crippen molar-refractivity contribution in [2.45, 2.75) is 19.4 Å². The van der Waals surface area contributed by atoms with E-state index < -0.39 is 18.2 Å². The predicted octanol–water partition coefficient (Wildman–Crippen LogP) is 3.13. The van der Waals surface area contributed by atoms with Crippen LogP contribution in [0.3, 0.4) is 0 Å². The van der Waals surface area contributed by atoms with Gasteiger partial charge in [-0.15, -0.1) is 0 Å². The molecule has 0 aliphatic heterocycles. The average molecular weight is 329 g/mol. The number of para-hydroxylation sites is 2. The molecule has 0 aliphatic carbocycles. The second kappa shape index (κ2) is 9.19. The Morgan fingerprint density at radius 1 is 0.958 bits per heavy atom. The Labute approximate surface area is 140 Å².